The Balaban J connectivity index is 2.09. The molecule has 1 aliphatic rings. The van der Waals surface area contributed by atoms with Crippen molar-refractivity contribution in [2.75, 3.05) is 6.61 Å². The number of ether oxygens (including phenoxy) is 1. The van der Waals surface area contributed by atoms with Crippen LogP contribution in [0.3, 0.4) is 0 Å². The van der Waals surface area contributed by atoms with Crippen molar-refractivity contribution in [3.8, 4) is 0 Å². The summed E-state index contributed by atoms with van der Waals surface area (Å²) in [5.74, 6) is 0.692. The molecule has 14 heavy (non-hydrogen) atoms. The van der Waals surface area contributed by atoms with Crippen molar-refractivity contribution < 1.29 is 9.84 Å². The normalized spacial score (nSPS) is 25.3. The van der Waals surface area contributed by atoms with Crippen LogP contribution in [-0.2, 0) is 4.74 Å². The lowest BCUT2D eigenvalue weighted by Gasteiger charge is -2.24. The van der Waals surface area contributed by atoms with Gasteiger partial charge in [-0.25, -0.2) is 0 Å². The summed E-state index contributed by atoms with van der Waals surface area (Å²) >= 11 is 0. The number of hydrogen-bond acceptors (Lipinski definition) is 2. The number of rotatable bonds is 5. The second-order valence-electron chi connectivity index (χ2n) is 4.85. The first-order chi connectivity index (χ1) is 6.68. The van der Waals surface area contributed by atoms with Crippen LogP contribution in [0.1, 0.15) is 52.4 Å². The van der Waals surface area contributed by atoms with Crippen molar-refractivity contribution in [2.24, 2.45) is 5.92 Å². The quantitative estimate of drug-likeness (QED) is 0.739. The molecule has 0 amide bonds. The maximum absolute atomic E-state index is 9.77. The molecule has 0 aromatic heterocycles. The molecule has 1 N–H and O–H groups in total. The Hall–Kier alpha value is -0.0800. The Morgan fingerprint density at radius 1 is 1.29 bits per heavy atom. The predicted octanol–water partition coefficient (Wildman–Crippen LogP) is 2.74. The van der Waals surface area contributed by atoms with Crippen molar-refractivity contribution in [1.29, 1.82) is 0 Å². The fourth-order valence-electron chi connectivity index (χ4n) is 1.94. The van der Waals surface area contributed by atoms with E-state index in [2.05, 4.69) is 13.8 Å². The van der Waals surface area contributed by atoms with E-state index in [9.17, 15) is 5.11 Å². The predicted molar refractivity (Wildman–Crippen MR) is 58.3 cm³/mol. The van der Waals surface area contributed by atoms with Crippen molar-refractivity contribution in [3.05, 3.63) is 0 Å². The molecule has 2 unspecified atom stereocenters. The maximum Gasteiger partial charge on any atom is 0.0599 e. The van der Waals surface area contributed by atoms with Crippen molar-refractivity contribution in [2.45, 2.75) is 64.6 Å². The van der Waals surface area contributed by atoms with Gasteiger partial charge < -0.3 is 9.84 Å². The second-order valence-corrected chi connectivity index (χ2v) is 4.85. The first kappa shape index (κ1) is 12.0. The Labute approximate surface area is 87.7 Å². The smallest absolute Gasteiger partial charge is 0.0599 e. The third kappa shape index (κ3) is 4.97. The van der Waals surface area contributed by atoms with E-state index in [1.807, 2.05) is 0 Å². The summed E-state index contributed by atoms with van der Waals surface area (Å²) in [6.07, 6.45) is 6.66. The molecule has 2 heteroatoms. The van der Waals surface area contributed by atoms with Gasteiger partial charge in [0, 0.05) is 6.61 Å². The van der Waals surface area contributed by atoms with E-state index in [0.29, 0.717) is 12.0 Å². The molecule has 0 bridgehead atoms. The highest BCUT2D eigenvalue weighted by Crippen LogP contribution is 2.19. The highest BCUT2D eigenvalue weighted by Gasteiger charge is 2.17. The third-order valence-electron chi connectivity index (χ3n) is 2.89. The van der Waals surface area contributed by atoms with Gasteiger partial charge in [0.05, 0.1) is 12.2 Å². The van der Waals surface area contributed by atoms with Crippen LogP contribution in [0, 0.1) is 5.92 Å². The van der Waals surface area contributed by atoms with Crippen molar-refractivity contribution in [1.82, 2.24) is 0 Å². The van der Waals surface area contributed by atoms with E-state index < -0.39 is 0 Å². The van der Waals surface area contributed by atoms with E-state index >= 15 is 0 Å². The highest BCUT2D eigenvalue weighted by molar-refractivity contribution is 4.69. The lowest BCUT2D eigenvalue weighted by molar-refractivity contribution is -0.0171. The van der Waals surface area contributed by atoms with E-state index in [4.69, 9.17) is 4.74 Å². The minimum atomic E-state index is -0.152. The summed E-state index contributed by atoms with van der Waals surface area (Å²) in [7, 11) is 0. The van der Waals surface area contributed by atoms with Crippen molar-refractivity contribution in [3.63, 3.8) is 0 Å². The summed E-state index contributed by atoms with van der Waals surface area (Å²) < 4.78 is 5.60. The molecule has 1 aliphatic heterocycles. The SMILES string of the molecule is CC(C)CCC(O)CC1CCCCO1. The van der Waals surface area contributed by atoms with Crippen LogP contribution in [0.5, 0.6) is 0 Å². The summed E-state index contributed by atoms with van der Waals surface area (Å²) in [5.41, 5.74) is 0. The molecule has 0 aliphatic carbocycles. The topological polar surface area (TPSA) is 29.5 Å². The van der Waals surface area contributed by atoms with Gasteiger partial charge in [-0.3, -0.25) is 0 Å². The van der Waals surface area contributed by atoms with Crippen LogP contribution in [0.15, 0.2) is 0 Å². The van der Waals surface area contributed by atoms with Gasteiger partial charge in [0.25, 0.3) is 0 Å². The van der Waals surface area contributed by atoms with E-state index in [1.165, 1.54) is 12.8 Å². The average molecular weight is 200 g/mol. The van der Waals surface area contributed by atoms with Gasteiger partial charge in [0.1, 0.15) is 0 Å². The van der Waals surface area contributed by atoms with Gasteiger partial charge in [0.15, 0.2) is 0 Å². The lowest BCUT2D eigenvalue weighted by atomic mass is 9.98. The van der Waals surface area contributed by atoms with Gasteiger partial charge >= 0.3 is 0 Å². The van der Waals surface area contributed by atoms with Crippen LogP contribution in [0.2, 0.25) is 0 Å². The van der Waals surface area contributed by atoms with Gasteiger partial charge in [-0.15, -0.1) is 0 Å². The van der Waals surface area contributed by atoms with Crippen LogP contribution in [0.4, 0.5) is 0 Å². The zero-order valence-corrected chi connectivity index (χ0v) is 9.54. The van der Waals surface area contributed by atoms with Crippen LogP contribution in [0.25, 0.3) is 0 Å². The minimum Gasteiger partial charge on any atom is -0.393 e. The van der Waals surface area contributed by atoms with Gasteiger partial charge in [-0.1, -0.05) is 13.8 Å². The minimum absolute atomic E-state index is 0.152. The van der Waals surface area contributed by atoms with E-state index in [1.54, 1.807) is 0 Å². The first-order valence-corrected chi connectivity index (χ1v) is 5.98. The number of aliphatic hydroxyl groups is 1. The Morgan fingerprint density at radius 3 is 2.64 bits per heavy atom. The molecule has 0 radical (unpaired) electrons. The van der Waals surface area contributed by atoms with Gasteiger partial charge in [-0.2, -0.15) is 0 Å². The van der Waals surface area contributed by atoms with Crippen LogP contribution in [-0.4, -0.2) is 23.9 Å². The van der Waals surface area contributed by atoms with Gasteiger partial charge in [0.2, 0.25) is 0 Å². The Morgan fingerprint density at radius 2 is 2.07 bits per heavy atom. The van der Waals surface area contributed by atoms with E-state index in [0.717, 1.165) is 32.3 Å². The molecule has 0 aromatic rings. The standard InChI is InChI=1S/C12H24O2/c1-10(2)6-7-11(13)9-12-5-3-4-8-14-12/h10-13H,3-9H2,1-2H3. The average Bonchev–Trinajstić information content (AvgIpc) is 2.16. The van der Waals surface area contributed by atoms with Crippen LogP contribution >= 0.6 is 0 Å². The fourth-order valence-corrected chi connectivity index (χ4v) is 1.94. The number of hydrogen-bond donors (Lipinski definition) is 1. The molecule has 84 valence electrons. The molecule has 1 heterocycles. The maximum atomic E-state index is 9.77. The first-order valence-electron chi connectivity index (χ1n) is 5.98. The highest BCUT2D eigenvalue weighted by atomic mass is 16.5. The van der Waals surface area contributed by atoms with Crippen molar-refractivity contribution >= 4 is 0 Å². The second kappa shape index (κ2) is 6.41. The molecule has 1 fully saturated rings. The third-order valence-corrected chi connectivity index (χ3v) is 2.89. The van der Waals surface area contributed by atoms with Crippen LogP contribution < -0.4 is 0 Å². The van der Waals surface area contributed by atoms with E-state index in [-0.39, 0.29) is 6.10 Å². The molecule has 0 saturated carbocycles. The molecule has 2 nitrogen and oxygen atoms in total. The largest absolute Gasteiger partial charge is 0.393 e. The Bertz CT molecular complexity index is 139. The van der Waals surface area contributed by atoms with Gasteiger partial charge in [-0.05, 0) is 44.4 Å². The summed E-state index contributed by atoms with van der Waals surface area (Å²) in [6, 6.07) is 0. The summed E-state index contributed by atoms with van der Waals surface area (Å²) in [6.45, 7) is 5.29. The molecule has 1 saturated heterocycles. The summed E-state index contributed by atoms with van der Waals surface area (Å²) in [5, 5.41) is 9.77. The number of aliphatic hydroxyl groups excluding tert-OH is 1. The lowest BCUT2D eigenvalue weighted by Crippen LogP contribution is -2.24. The zero-order chi connectivity index (χ0) is 10.4. The molecular weight excluding hydrogens is 176 g/mol. The fraction of sp³-hybridized carbons (Fsp3) is 1.00. The monoisotopic (exact) mass is 200 g/mol. The molecule has 0 aromatic carbocycles. The molecular formula is C12H24O2. The molecule has 1 rings (SSSR count). The molecule has 2 atom stereocenters. The molecule has 0 spiro atoms. The zero-order valence-electron chi connectivity index (χ0n) is 9.54. The Kier molecular flexibility index (Phi) is 5.49. The summed E-state index contributed by atoms with van der Waals surface area (Å²) in [4.78, 5) is 0.